The van der Waals surface area contributed by atoms with Crippen molar-refractivity contribution in [3.05, 3.63) is 59.7 Å². The van der Waals surface area contributed by atoms with Gasteiger partial charge in [-0.05, 0) is 61.4 Å². The highest BCUT2D eigenvalue weighted by Gasteiger charge is 2.22. The zero-order valence-electron chi connectivity index (χ0n) is 15.7. The monoisotopic (exact) mass is 352 g/mol. The molecule has 1 N–H and O–H groups in total. The molecule has 0 amide bonds. The maximum atomic E-state index is 12.5. The van der Waals surface area contributed by atoms with E-state index < -0.39 is 0 Å². The Morgan fingerprint density at radius 2 is 1.38 bits per heavy atom. The molecule has 26 heavy (non-hydrogen) atoms. The van der Waals surface area contributed by atoms with Crippen molar-refractivity contribution in [1.82, 2.24) is 4.90 Å². The van der Waals surface area contributed by atoms with Crippen molar-refractivity contribution < 1.29 is 9.90 Å². The summed E-state index contributed by atoms with van der Waals surface area (Å²) in [7, 11) is 0. The topological polar surface area (TPSA) is 43.8 Å². The van der Waals surface area contributed by atoms with Crippen molar-refractivity contribution in [3.63, 3.8) is 0 Å². The summed E-state index contributed by atoms with van der Waals surface area (Å²) >= 11 is 0. The summed E-state index contributed by atoms with van der Waals surface area (Å²) in [4.78, 5) is 17.5. The largest absolute Gasteiger partial charge is 0.508 e. The van der Waals surface area contributed by atoms with Crippen LogP contribution in [0.25, 0.3) is 0 Å². The van der Waals surface area contributed by atoms with E-state index in [0.717, 1.165) is 26.2 Å². The van der Waals surface area contributed by atoms with Gasteiger partial charge < -0.3 is 10.0 Å². The molecule has 0 bridgehead atoms. The molecule has 2 aromatic carbocycles. The number of aromatic hydroxyl groups is 1. The molecule has 0 aromatic heterocycles. The molecule has 3 rings (SSSR count). The molecule has 1 aliphatic heterocycles. The zero-order chi connectivity index (χ0) is 18.5. The van der Waals surface area contributed by atoms with Crippen LogP contribution in [0.3, 0.4) is 0 Å². The fraction of sp³-hybridized carbons (Fsp3) is 0.409. The Kier molecular flexibility index (Phi) is 5.94. The lowest BCUT2D eigenvalue weighted by Gasteiger charge is -2.39. The maximum Gasteiger partial charge on any atom is 0.193 e. The number of phenolic OH excluding ortho intramolecular Hbond substituents is 1. The minimum atomic E-state index is -0.0184. The van der Waals surface area contributed by atoms with E-state index in [0.29, 0.717) is 17.2 Å². The highest BCUT2D eigenvalue weighted by atomic mass is 16.3. The van der Waals surface area contributed by atoms with Crippen LogP contribution in [0.15, 0.2) is 48.5 Å². The average Bonchev–Trinajstić information content (AvgIpc) is 2.70. The molecule has 0 unspecified atom stereocenters. The Morgan fingerprint density at radius 1 is 0.885 bits per heavy atom. The molecule has 138 valence electrons. The van der Waals surface area contributed by atoms with Crippen LogP contribution in [0.2, 0.25) is 0 Å². The van der Waals surface area contributed by atoms with Crippen LogP contribution in [0.5, 0.6) is 5.75 Å². The van der Waals surface area contributed by atoms with E-state index in [1.807, 2.05) is 24.3 Å². The molecule has 4 heteroatoms. The zero-order valence-corrected chi connectivity index (χ0v) is 15.7. The average molecular weight is 352 g/mol. The predicted octanol–water partition coefficient (Wildman–Crippen LogP) is 3.93. The molecule has 0 aliphatic carbocycles. The number of rotatable bonds is 6. The third-order valence-electron chi connectivity index (χ3n) is 5.40. The molecule has 0 radical (unpaired) electrons. The number of hydrogen-bond acceptors (Lipinski definition) is 4. The van der Waals surface area contributed by atoms with Gasteiger partial charge in [0, 0.05) is 49.0 Å². The van der Waals surface area contributed by atoms with E-state index in [2.05, 4.69) is 23.6 Å². The Labute approximate surface area is 156 Å². The van der Waals surface area contributed by atoms with E-state index in [-0.39, 0.29) is 11.5 Å². The number of hydrogen-bond donors (Lipinski definition) is 1. The van der Waals surface area contributed by atoms with Gasteiger partial charge in [0.25, 0.3) is 0 Å². The van der Waals surface area contributed by atoms with E-state index >= 15 is 0 Å². The molecular formula is C22H28N2O2. The summed E-state index contributed by atoms with van der Waals surface area (Å²) in [6.07, 6.45) is 2.43. The second-order valence-corrected chi connectivity index (χ2v) is 6.92. The number of nitrogens with zero attached hydrogens (tertiary/aromatic N) is 2. The van der Waals surface area contributed by atoms with E-state index in [1.54, 1.807) is 24.3 Å². The molecule has 0 saturated carbocycles. The molecule has 0 atom stereocenters. The molecule has 1 saturated heterocycles. The molecule has 0 spiro atoms. The predicted molar refractivity (Wildman–Crippen MR) is 106 cm³/mol. The SMILES string of the molecule is CCC(CC)N1CCN(c2ccc(C(=O)c3ccc(O)cc3)cc2)CC1. The van der Waals surface area contributed by atoms with Crippen molar-refractivity contribution in [1.29, 1.82) is 0 Å². The maximum absolute atomic E-state index is 12.5. The second-order valence-electron chi connectivity index (χ2n) is 6.92. The van der Waals surface area contributed by atoms with Gasteiger partial charge in [-0.3, -0.25) is 9.69 Å². The summed E-state index contributed by atoms with van der Waals surface area (Å²) in [5.41, 5.74) is 2.45. The minimum Gasteiger partial charge on any atom is -0.508 e. The third-order valence-corrected chi connectivity index (χ3v) is 5.40. The highest BCUT2D eigenvalue weighted by Crippen LogP contribution is 2.21. The van der Waals surface area contributed by atoms with Crippen LogP contribution in [-0.2, 0) is 0 Å². The van der Waals surface area contributed by atoms with Gasteiger partial charge >= 0.3 is 0 Å². The van der Waals surface area contributed by atoms with Gasteiger partial charge in [0.15, 0.2) is 5.78 Å². The summed E-state index contributed by atoms with van der Waals surface area (Å²) in [5.74, 6) is 0.152. The van der Waals surface area contributed by atoms with Gasteiger partial charge in [-0.15, -0.1) is 0 Å². The molecule has 1 aliphatic rings. The normalized spacial score (nSPS) is 15.4. The number of anilines is 1. The fourth-order valence-electron chi connectivity index (χ4n) is 3.75. The van der Waals surface area contributed by atoms with Crippen molar-refractivity contribution in [2.24, 2.45) is 0 Å². The lowest BCUT2D eigenvalue weighted by atomic mass is 10.0. The van der Waals surface area contributed by atoms with Gasteiger partial charge in [0.1, 0.15) is 5.75 Å². The second kappa shape index (κ2) is 8.37. The minimum absolute atomic E-state index is 0.0184. The third kappa shape index (κ3) is 4.07. The lowest BCUT2D eigenvalue weighted by molar-refractivity contribution is 0.103. The van der Waals surface area contributed by atoms with Crippen molar-refractivity contribution in [2.45, 2.75) is 32.7 Å². The van der Waals surface area contributed by atoms with Crippen LogP contribution >= 0.6 is 0 Å². The molecule has 1 heterocycles. The van der Waals surface area contributed by atoms with Crippen molar-refractivity contribution in [3.8, 4) is 5.75 Å². The van der Waals surface area contributed by atoms with Crippen molar-refractivity contribution in [2.75, 3.05) is 31.1 Å². The van der Waals surface area contributed by atoms with Gasteiger partial charge in [-0.1, -0.05) is 13.8 Å². The molecule has 4 nitrogen and oxygen atoms in total. The Morgan fingerprint density at radius 3 is 1.88 bits per heavy atom. The van der Waals surface area contributed by atoms with E-state index in [9.17, 15) is 9.90 Å². The van der Waals surface area contributed by atoms with Crippen LogP contribution in [0.4, 0.5) is 5.69 Å². The number of benzene rings is 2. The summed E-state index contributed by atoms with van der Waals surface area (Å²) < 4.78 is 0. The number of carbonyl (C=O) groups is 1. The summed E-state index contributed by atoms with van der Waals surface area (Å²) in [6.45, 7) is 8.79. The van der Waals surface area contributed by atoms with Crippen molar-refractivity contribution >= 4 is 11.5 Å². The first-order chi connectivity index (χ1) is 12.6. The summed E-state index contributed by atoms with van der Waals surface area (Å²) in [6, 6.07) is 15.0. The Balaban J connectivity index is 1.63. The smallest absolute Gasteiger partial charge is 0.193 e. The van der Waals surface area contributed by atoms with Gasteiger partial charge in [-0.2, -0.15) is 0 Å². The van der Waals surface area contributed by atoms with Crippen LogP contribution in [0, 0.1) is 0 Å². The van der Waals surface area contributed by atoms with E-state index in [1.165, 1.54) is 18.5 Å². The lowest BCUT2D eigenvalue weighted by Crippen LogP contribution is -2.50. The summed E-state index contributed by atoms with van der Waals surface area (Å²) in [5, 5.41) is 9.35. The molecule has 1 fully saturated rings. The highest BCUT2D eigenvalue weighted by molar-refractivity contribution is 6.09. The fourth-order valence-corrected chi connectivity index (χ4v) is 3.75. The van der Waals surface area contributed by atoms with Gasteiger partial charge in [-0.25, -0.2) is 0 Å². The number of carbonyl (C=O) groups excluding carboxylic acids is 1. The standard InChI is InChI=1S/C22H28N2O2/c1-3-19(4-2)23-13-15-24(16-14-23)20-9-5-17(6-10-20)22(26)18-7-11-21(25)12-8-18/h5-12,19,25H,3-4,13-16H2,1-2H3. The number of piperazine rings is 1. The molecule has 2 aromatic rings. The first kappa shape index (κ1) is 18.5. The number of ketones is 1. The van der Waals surface area contributed by atoms with Crippen LogP contribution < -0.4 is 4.90 Å². The van der Waals surface area contributed by atoms with Crippen LogP contribution in [0.1, 0.15) is 42.6 Å². The Bertz CT molecular complexity index is 713. The first-order valence-corrected chi connectivity index (χ1v) is 9.55. The Hall–Kier alpha value is -2.33. The van der Waals surface area contributed by atoms with Gasteiger partial charge in [0.05, 0.1) is 0 Å². The van der Waals surface area contributed by atoms with E-state index in [4.69, 9.17) is 0 Å². The number of phenols is 1. The van der Waals surface area contributed by atoms with Gasteiger partial charge in [0.2, 0.25) is 0 Å². The first-order valence-electron chi connectivity index (χ1n) is 9.55. The quantitative estimate of drug-likeness (QED) is 0.800. The van der Waals surface area contributed by atoms with Crippen LogP contribution in [-0.4, -0.2) is 48.0 Å². The molecular weight excluding hydrogens is 324 g/mol.